The zero-order chi connectivity index (χ0) is 20.1. The van der Waals surface area contributed by atoms with Crippen LogP contribution in [0.4, 0.5) is 0 Å². The van der Waals surface area contributed by atoms with Crippen LogP contribution in [-0.4, -0.2) is 67.7 Å². The summed E-state index contributed by atoms with van der Waals surface area (Å²) in [5, 5.41) is 5.32. The van der Waals surface area contributed by atoms with Gasteiger partial charge in [0.25, 0.3) is 11.8 Å². The Morgan fingerprint density at radius 1 is 0.963 bits per heavy atom. The highest BCUT2D eigenvalue weighted by molar-refractivity contribution is 6.13. The quantitative estimate of drug-likeness (QED) is 0.250. The van der Waals surface area contributed by atoms with Crippen LogP contribution < -0.4 is 10.6 Å². The average Bonchev–Trinajstić information content (AvgIpc) is 2.97. The van der Waals surface area contributed by atoms with Crippen LogP contribution in [0.5, 0.6) is 0 Å². The molecule has 27 heavy (non-hydrogen) atoms. The maximum atomic E-state index is 11.9. The number of imide groups is 1. The Balaban J connectivity index is 2.16. The Labute approximate surface area is 159 Å². The number of hydrogen-bond donors (Lipinski definition) is 2. The minimum atomic E-state index is -0.566. The molecule has 2 N–H and O–H groups in total. The lowest BCUT2D eigenvalue weighted by Gasteiger charge is -2.18. The molecule has 9 heteroatoms. The third kappa shape index (κ3) is 9.30. The van der Waals surface area contributed by atoms with Crippen LogP contribution in [0.1, 0.15) is 39.5 Å². The molecule has 4 amide bonds. The first kappa shape index (κ1) is 22.8. The first-order valence-electron chi connectivity index (χ1n) is 9.28. The van der Waals surface area contributed by atoms with E-state index < -0.39 is 18.1 Å². The van der Waals surface area contributed by atoms with Crippen LogP contribution >= 0.6 is 0 Å². The Morgan fingerprint density at radius 3 is 2.00 bits per heavy atom. The Hall–Kier alpha value is -2.26. The summed E-state index contributed by atoms with van der Waals surface area (Å²) in [5.41, 5.74) is 0. The van der Waals surface area contributed by atoms with Gasteiger partial charge >= 0.3 is 0 Å². The number of carbonyl (C=O) groups excluding carboxylic acids is 4. The predicted molar refractivity (Wildman–Crippen MR) is 97.4 cm³/mol. The maximum Gasteiger partial charge on any atom is 0.253 e. The van der Waals surface area contributed by atoms with Crippen LogP contribution in [0.25, 0.3) is 0 Å². The second kappa shape index (κ2) is 13.0. The molecule has 0 fully saturated rings. The van der Waals surface area contributed by atoms with Crippen molar-refractivity contribution in [2.75, 3.05) is 32.8 Å². The molecular weight excluding hydrogens is 354 g/mol. The van der Waals surface area contributed by atoms with Gasteiger partial charge in [-0.15, -0.1) is 0 Å². The van der Waals surface area contributed by atoms with Gasteiger partial charge in [-0.2, -0.15) is 0 Å². The molecule has 1 aliphatic rings. The molecule has 0 unspecified atom stereocenters. The minimum Gasteiger partial charge on any atom is -0.354 e. The standard InChI is InChI=1S/C18H29N3O6/c1-3-11-26-18(27-12-4-2)13-15(23)20-9-8-19-14(22)7-10-21-16(24)5-6-17(21)25/h5-6,18H,3-4,7-13H2,1-2H3,(H,19,22)(H,20,23). The summed E-state index contributed by atoms with van der Waals surface area (Å²) in [6, 6.07) is 0. The Morgan fingerprint density at radius 2 is 1.48 bits per heavy atom. The summed E-state index contributed by atoms with van der Waals surface area (Å²) in [7, 11) is 0. The smallest absolute Gasteiger partial charge is 0.253 e. The van der Waals surface area contributed by atoms with Crippen molar-refractivity contribution in [3.05, 3.63) is 12.2 Å². The molecule has 152 valence electrons. The van der Waals surface area contributed by atoms with E-state index in [9.17, 15) is 19.2 Å². The predicted octanol–water partition coefficient (Wildman–Crippen LogP) is 0.103. The summed E-state index contributed by atoms with van der Waals surface area (Å²) in [6.45, 7) is 5.55. The summed E-state index contributed by atoms with van der Waals surface area (Å²) < 4.78 is 11.0. The van der Waals surface area contributed by atoms with Crippen molar-refractivity contribution in [2.24, 2.45) is 0 Å². The summed E-state index contributed by atoms with van der Waals surface area (Å²) in [5.74, 6) is -1.34. The molecule has 0 saturated heterocycles. The highest BCUT2D eigenvalue weighted by atomic mass is 16.7. The van der Waals surface area contributed by atoms with E-state index >= 15 is 0 Å². The van der Waals surface area contributed by atoms with Gasteiger partial charge in [-0.25, -0.2) is 0 Å². The summed E-state index contributed by atoms with van der Waals surface area (Å²) in [4.78, 5) is 47.4. The van der Waals surface area contributed by atoms with Crippen molar-refractivity contribution < 1.29 is 28.7 Å². The van der Waals surface area contributed by atoms with Crippen LogP contribution in [0, 0.1) is 0 Å². The fourth-order valence-corrected chi connectivity index (χ4v) is 2.25. The highest BCUT2D eigenvalue weighted by Crippen LogP contribution is 2.04. The van der Waals surface area contributed by atoms with Gasteiger partial charge in [0, 0.05) is 51.4 Å². The zero-order valence-corrected chi connectivity index (χ0v) is 16.0. The van der Waals surface area contributed by atoms with Gasteiger partial charge in [0.2, 0.25) is 11.8 Å². The first-order chi connectivity index (χ1) is 13.0. The average molecular weight is 383 g/mol. The summed E-state index contributed by atoms with van der Waals surface area (Å²) >= 11 is 0. The van der Waals surface area contributed by atoms with Gasteiger partial charge in [-0.3, -0.25) is 24.1 Å². The molecule has 0 radical (unpaired) electrons. The lowest BCUT2D eigenvalue weighted by atomic mass is 10.3. The molecule has 0 aromatic carbocycles. The number of nitrogens with zero attached hydrogens (tertiary/aromatic N) is 1. The molecule has 9 nitrogen and oxygen atoms in total. The van der Waals surface area contributed by atoms with E-state index in [-0.39, 0.29) is 44.3 Å². The van der Waals surface area contributed by atoms with Crippen molar-refractivity contribution in [2.45, 2.75) is 45.8 Å². The molecule has 0 aliphatic carbocycles. The lowest BCUT2D eigenvalue weighted by Crippen LogP contribution is -2.38. The number of rotatable bonds is 14. The van der Waals surface area contributed by atoms with E-state index in [1.807, 2.05) is 13.8 Å². The van der Waals surface area contributed by atoms with Crippen LogP contribution in [0.3, 0.4) is 0 Å². The SMILES string of the molecule is CCCOC(CC(=O)NCCNC(=O)CCN1C(=O)C=CC1=O)OCCC. The Bertz CT molecular complexity index is 523. The monoisotopic (exact) mass is 383 g/mol. The molecule has 1 rings (SSSR count). The minimum absolute atomic E-state index is 0.0187. The number of nitrogens with one attached hydrogen (secondary N) is 2. The van der Waals surface area contributed by atoms with Crippen molar-refractivity contribution in [1.82, 2.24) is 15.5 Å². The molecule has 1 aliphatic heterocycles. The van der Waals surface area contributed by atoms with E-state index in [4.69, 9.17) is 9.47 Å². The number of carbonyl (C=O) groups is 4. The number of hydrogen-bond acceptors (Lipinski definition) is 6. The van der Waals surface area contributed by atoms with Crippen LogP contribution in [0.15, 0.2) is 12.2 Å². The van der Waals surface area contributed by atoms with E-state index in [1.54, 1.807) is 0 Å². The molecule has 0 aromatic rings. The number of ether oxygens (including phenoxy) is 2. The van der Waals surface area contributed by atoms with Gasteiger partial charge < -0.3 is 20.1 Å². The molecule has 0 saturated carbocycles. The number of amides is 4. The second-order valence-electron chi connectivity index (χ2n) is 5.99. The van der Waals surface area contributed by atoms with E-state index in [0.29, 0.717) is 13.2 Å². The van der Waals surface area contributed by atoms with Crippen molar-refractivity contribution in [3.63, 3.8) is 0 Å². The zero-order valence-electron chi connectivity index (χ0n) is 16.0. The molecule has 1 heterocycles. The van der Waals surface area contributed by atoms with E-state index in [0.717, 1.165) is 17.7 Å². The van der Waals surface area contributed by atoms with E-state index in [2.05, 4.69) is 10.6 Å². The fourth-order valence-electron chi connectivity index (χ4n) is 2.25. The molecule has 0 bridgehead atoms. The highest BCUT2D eigenvalue weighted by Gasteiger charge is 2.23. The van der Waals surface area contributed by atoms with Gasteiger partial charge in [-0.1, -0.05) is 13.8 Å². The van der Waals surface area contributed by atoms with E-state index in [1.165, 1.54) is 12.2 Å². The van der Waals surface area contributed by atoms with Crippen LogP contribution in [-0.2, 0) is 28.7 Å². The normalized spacial score (nSPS) is 13.5. The molecule has 0 spiro atoms. The molecule has 0 atom stereocenters. The van der Waals surface area contributed by atoms with Gasteiger partial charge in [0.15, 0.2) is 6.29 Å². The van der Waals surface area contributed by atoms with Crippen molar-refractivity contribution in [1.29, 1.82) is 0 Å². The third-order valence-electron chi connectivity index (χ3n) is 3.60. The third-order valence-corrected chi connectivity index (χ3v) is 3.60. The topological polar surface area (TPSA) is 114 Å². The first-order valence-corrected chi connectivity index (χ1v) is 9.28. The van der Waals surface area contributed by atoms with Crippen molar-refractivity contribution >= 4 is 23.6 Å². The Kier molecular flexibility index (Phi) is 11.0. The lowest BCUT2D eigenvalue weighted by molar-refractivity contribution is -0.157. The van der Waals surface area contributed by atoms with Crippen LogP contribution in [0.2, 0.25) is 0 Å². The fraction of sp³-hybridized carbons (Fsp3) is 0.667. The molecule has 0 aromatic heterocycles. The van der Waals surface area contributed by atoms with Gasteiger partial charge in [0.05, 0.1) is 6.42 Å². The largest absolute Gasteiger partial charge is 0.354 e. The summed E-state index contributed by atoms with van der Waals surface area (Å²) in [6.07, 6.45) is 3.58. The maximum absolute atomic E-state index is 11.9. The molecular formula is C18H29N3O6. The van der Waals surface area contributed by atoms with Gasteiger partial charge in [0.1, 0.15) is 0 Å². The second-order valence-corrected chi connectivity index (χ2v) is 5.99. The van der Waals surface area contributed by atoms with Crippen molar-refractivity contribution in [3.8, 4) is 0 Å². The van der Waals surface area contributed by atoms with Gasteiger partial charge in [-0.05, 0) is 12.8 Å².